The zero-order valence-electron chi connectivity index (χ0n) is 12.3. The van der Waals surface area contributed by atoms with E-state index in [0.717, 1.165) is 43.4 Å². The van der Waals surface area contributed by atoms with Gasteiger partial charge in [0.05, 0.1) is 6.10 Å². The molecule has 1 atom stereocenters. The molecular weight excluding hydrogens is 252 g/mol. The molecule has 0 bridgehead atoms. The van der Waals surface area contributed by atoms with Gasteiger partial charge in [-0.25, -0.2) is 0 Å². The molecule has 4 nitrogen and oxygen atoms in total. The van der Waals surface area contributed by atoms with Crippen molar-refractivity contribution in [2.75, 3.05) is 6.54 Å². The van der Waals surface area contributed by atoms with E-state index in [4.69, 9.17) is 5.73 Å². The number of hydrogen-bond donors (Lipinski definition) is 3. The molecule has 0 aliphatic heterocycles. The Morgan fingerprint density at radius 2 is 1.85 bits per heavy atom. The van der Waals surface area contributed by atoms with Crippen LogP contribution >= 0.6 is 0 Å². The fourth-order valence-corrected chi connectivity index (χ4v) is 1.99. The van der Waals surface area contributed by atoms with Crippen LogP contribution in [0.2, 0.25) is 0 Å². The van der Waals surface area contributed by atoms with Crippen molar-refractivity contribution in [3.63, 3.8) is 0 Å². The van der Waals surface area contributed by atoms with Crippen LogP contribution in [0.3, 0.4) is 0 Å². The second-order valence-corrected chi connectivity index (χ2v) is 5.15. The smallest absolute Gasteiger partial charge is 0.220 e. The molecule has 4 heteroatoms. The summed E-state index contributed by atoms with van der Waals surface area (Å²) in [7, 11) is 0. The van der Waals surface area contributed by atoms with Crippen LogP contribution in [0.1, 0.15) is 56.3 Å². The molecule has 1 unspecified atom stereocenters. The van der Waals surface area contributed by atoms with E-state index >= 15 is 0 Å². The molecule has 112 valence electrons. The lowest BCUT2D eigenvalue weighted by Crippen LogP contribution is -2.22. The van der Waals surface area contributed by atoms with Gasteiger partial charge in [-0.1, -0.05) is 37.1 Å². The molecule has 0 fully saturated rings. The third kappa shape index (κ3) is 6.68. The van der Waals surface area contributed by atoms with E-state index in [1.807, 2.05) is 24.3 Å². The predicted molar refractivity (Wildman–Crippen MR) is 81.1 cm³/mol. The van der Waals surface area contributed by atoms with E-state index in [9.17, 15) is 9.90 Å². The number of benzene rings is 1. The molecule has 0 aromatic heterocycles. The average molecular weight is 278 g/mol. The summed E-state index contributed by atoms with van der Waals surface area (Å²) >= 11 is 0. The number of carbonyl (C=O) groups is 1. The molecule has 0 aliphatic rings. The second-order valence-electron chi connectivity index (χ2n) is 5.15. The molecule has 1 rings (SSSR count). The molecular formula is C16H26N2O2. The number of hydrogen-bond acceptors (Lipinski definition) is 3. The monoisotopic (exact) mass is 278 g/mol. The number of carbonyl (C=O) groups excluding carboxylic acids is 1. The summed E-state index contributed by atoms with van der Waals surface area (Å²) < 4.78 is 0. The van der Waals surface area contributed by atoms with Crippen molar-refractivity contribution in [1.29, 1.82) is 0 Å². The van der Waals surface area contributed by atoms with Crippen molar-refractivity contribution < 1.29 is 9.90 Å². The lowest BCUT2D eigenvalue weighted by atomic mass is 10.1. The zero-order chi connectivity index (χ0) is 14.8. The first-order valence-corrected chi connectivity index (χ1v) is 7.37. The zero-order valence-corrected chi connectivity index (χ0v) is 12.3. The van der Waals surface area contributed by atoms with Crippen molar-refractivity contribution in [2.24, 2.45) is 5.73 Å². The molecule has 20 heavy (non-hydrogen) atoms. The Labute approximate surface area is 121 Å². The second kappa shape index (κ2) is 9.50. The first-order valence-electron chi connectivity index (χ1n) is 7.37. The molecule has 1 amide bonds. The number of nitrogens with one attached hydrogen (secondary N) is 1. The third-order valence-electron chi connectivity index (χ3n) is 3.31. The fourth-order valence-electron chi connectivity index (χ4n) is 1.99. The molecule has 0 saturated carbocycles. The lowest BCUT2D eigenvalue weighted by Gasteiger charge is -2.08. The molecule has 0 heterocycles. The van der Waals surface area contributed by atoms with E-state index < -0.39 is 6.10 Å². The van der Waals surface area contributed by atoms with E-state index in [2.05, 4.69) is 5.32 Å². The number of aliphatic hydroxyl groups is 1. The Bertz CT molecular complexity index is 388. The van der Waals surface area contributed by atoms with Crippen LogP contribution in [0, 0.1) is 0 Å². The SMILES string of the molecule is CC(O)c1ccc(CNC(=O)CCCCCCN)cc1. The van der Waals surface area contributed by atoms with Crippen molar-refractivity contribution in [3.05, 3.63) is 35.4 Å². The minimum absolute atomic E-state index is 0.0948. The standard InChI is InChI=1S/C16H26N2O2/c1-13(19)15-9-7-14(8-10-15)12-18-16(20)6-4-2-3-5-11-17/h7-10,13,19H,2-6,11-12,17H2,1H3,(H,18,20). The maximum absolute atomic E-state index is 11.6. The number of amides is 1. The van der Waals surface area contributed by atoms with Gasteiger partial charge >= 0.3 is 0 Å². The molecule has 0 spiro atoms. The molecule has 0 saturated heterocycles. The van der Waals surface area contributed by atoms with Gasteiger partial charge in [-0.3, -0.25) is 4.79 Å². The summed E-state index contributed by atoms with van der Waals surface area (Å²) in [6.45, 7) is 3.01. The molecule has 0 radical (unpaired) electrons. The highest BCUT2D eigenvalue weighted by atomic mass is 16.3. The summed E-state index contributed by atoms with van der Waals surface area (Å²) in [5, 5.41) is 12.3. The summed E-state index contributed by atoms with van der Waals surface area (Å²) in [4.78, 5) is 11.6. The quantitative estimate of drug-likeness (QED) is 0.606. The molecule has 4 N–H and O–H groups in total. The Hall–Kier alpha value is -1.39. The van der Waals surface area contributed by atoms with Crippen molar-refractivity contribution in [3.8, 4) is 0 Å². The highest BCUT2D eigenvalue weighted by Gasteiger charge is 2.03. The Morgan fingerprint density at radius 3 is 2.45 bits per heavy atom. The van der Waals surface area contributed by atoms with Crippen molar-refractivity contribution >= 4 is 5.91 Å². The summed E-state index contributed by atoms with van der Waals surface area (Å²) in [6, 6.07) is 7.64. The summed E-state index contributed by atoms with van der Waals surface area (Å²) in [6.07, 6.45) is 4.26. The van der Waals surface area contributed by atoms with Gasteiger partial charge < -0.3 is 16.2 Å². The van der Waals surface area contributed by atoms with Crippen LogP contribution in [-0.2, 0) is 11.3 Å². The first kappa shape index (κ1) is 16.7. The Kier molecular flexibility index (Phi) is 7.92. The van der Waals surface area contributed by atoms with Gasteiger partial charge in [0.15, 0.2) is 0 Å². The van der Waals surface area contributed by atoms with Gasteiger partial charge in [-0.05, 0) is 37.4 Å². The van der Waals surface area contributed by atoms with E-state index in [1.165, 1.54) is 0 Å². The highest BCUT2D eigenvalue weighted by Crippen LogP contribution is 2.12. The number of rotatable bonds is 9. The maximum Gasteiger partial charge on any atom is 0.220 e. The van der Waals surface area contributed by atoms with Crippen LogP contribution < -0.4 is 11.1 Å². The van der Waals surface area contributed by atoms with Gasteiger partial charge in [0, 0.05) is 13.0 Å². The molecule has 1 aromatic carbocycles. The van der Waals surface area contributed by atoms with Gasteiger partial charge in [0.25, 0.3) is 0 Å². The van der Waals surface area contributed by atoms with Crippen LogP contribution in [0.5, 0.6) is 0 Å². The Balaban J connectivity index is 2.20. The van der Waals surface area contributed by atoms with Gasteiger partial charge in [-0.2, -0.15) is 0 Å². The Morgan fingerprint density at radius 1 is 1.20 bits per heavy atom. The minimum Gasteiger partial charge on any atom is -0.389 e. The number of unbranched alkanes of at least 4 members (excludes halogenated alkanes) is 3. The summed E-state index contributed by atoms with van der Waals surface area (Å²) in [5.41, 5.74) is 7.35. The molecule has 1 aromatic rings. The van der Waals surface area contributed by atoms with Crippen molar-refractivity contribution in [2.45, 2.75) is 51.7 Å². The minimum atomic E-state index is -0.452. The van der Waals surface area contributed by atoms with Gasteiger partial charge in [-0.15, -0.1) is 0 Å². The number of aliphatic hydroxyl groups excluding tert-OH is 1. The topological polar surface area (TPSA) is 75.3 Å². The van der Waals surface area contributed by atoms with E-state index in [0.29, 0.717) is 13.0 Å². The lowest BCUT2D eigenvalue weighted by molar-refractivity contribution is -0.121. The predicted octanol–water partition coefficient (Wildman–Crippen LogP) is 2.27. The van der Waals surface area contributed by atoms with E-state index in [1.54, 1.807) is 6.92 Å². The van der Waals surface area contributed by atoms with Gasteiger partial charge in [0.1, 0.15) is 0 Å². The third-order valence-corrected chi connectivity index (χ3v) is 3.31. The maximum atomic E-state index is 11.6. The van der Waals surface area contributed by atoms with Crippen LogP contribution in [-0.4, -0.2) is 17.6 Å². The normalized spacial score (nSPS) is 12.2. The summed E-state index contributed by atoms with van der Waals surface area (Å²) in [5.74, 6) is 0.0948. The van der Waals surface area contributed by atoms with Crippen molar-refractivity contribution in [1.82, 2.24) is 5.32 Å². The van der Waals surface area contributed by atoms with Crippen LogP contribution in [0.4, 0.5) is 0 Å². The average Bonchev–Trinajstić information content (AvgIpc) is 2.45. The first-order chi connectivity index (χ1) is 9.63. The van der Waals surface area contributed by atoms with Gasteiger partial charge in [0.2, 0.25) is 5.91 Å². The molecule has 0 aliphatic carbocycles. The largest absolute Gasteiger partial charge is 0.389 e. The van der Waals surface area contributed by atoms with Crippen LogP contribution in [0.25, 0.3) is 0 Å². The van der Waals surface area contributed by atoms with E-state index in [-0.39, 0.29) is 5.91 Å². The number of nitrogens with two attached hydrogens (primary N) is 1. The fraction of sp³-hybridized carbons (Fsp3) is 0.562. The van der Waals surface area contributed by atoms with Crippen LogP contribution in [0.15, 0.2) is 24.3 Å². The highest BCUT2D eigenvalue weighted by molar-refractivity contribution is 5.75.